The van der Waals surface area contributed by atoms with Crippen molar-refractivity contribution < 1.29 is 4.74 Å². The minimum Gasteiger partial charge on any atom is -0.375 e. The molecule has 118 valence electrons. The Hall–Kier alpha value is -1.67. The van der Waals surface area contributed by atoms with Crippen molar-refractivity contribution in [2.45, 2.75) is 39.8 Å². The van der Waals surface area contributed by atoms with E-state index in [1.54, 1.807) is 0 Å². The average molecular weight is 295 g/mol. The Morgan fingerprint density at radius 3 is 2.62 bits per heavy atom. The van der Waals surface area contributed by atoms with E-state index in [1.165, 1.54) is 0 Å². The van der Waals surface area contributed by atoms with Crippen LogP contribution in [-0.4, -0.2) is 53.3 Å². The number of nitrogens with two attached hydrogens (primary N) is 1. The van der Waals surface area contributed by atoms with Gasteiger partial charge in [0.05, 0.1) is 18.8 Å². The van der Waals surface area contributed by atoms with Crippen LogP contribution in [0.1, 0.15) is 27.7 Å². The highest BCUT2D eigenvalue weighted by atomic mass is 16.5. The number of hydrogen-bond donors (Lipinski definition) is 2. The predicted octanol–water partition coefficient (Wildman–Crippen LogP) is 0.617. The number of hydrogen-bond acceptors (Lipinski definition) is 8. The molecule has 8 heteroatoms. The molecule has 2 rings (SSSR count). The molecule has 0 bridgehead atoms. The van der Waals surface area contributed by atoms with Crippen LogP contribution in [-0.2, 0) is 4.74 Å². The molecule has 1 aromatic heterocycles. The van der Waals surface area contributed by atoms with Gasteiger partial charge in [-0.15, -0.1) is 0 Å². The molecule has 2 atom stereocenters. The zero-order valence-electron chi connectivity index (χ0n) is 13.2. The van der Waals surface area contributed by atoms with Gasteiger partial charge < -0.3 is 14.5 Å². The molecule has 0 amide bonds. The van der Waals surface area contributed by atoms with Gasteiger partial charge in [-0.2, -0.15) is 15.0 Å². The Balaban J connectivity index is 2.35. The summed E-state index contributed by atoms with van der Waals surface area (Å²) in [6.45, 7) is 11.4. The van der Waals surface area contributed by atoms with E-state index in [0.29, 0.717) is 24.5 Å². The largest absolute Gasteiger partial charge is 0.375 e. The summed E-state index contributed by atoms with van der Waals surface area (Å²) in [6, 6.07) is 0.221. The normalized spacial score (nSPS) is 22.2. The van der Waals surface area contributed by atoms with Gasteiger partial charge in [0.1, 0.15) is 0 Å². The maximum absolute atomic E-state index is 5.65. The Kier molecular flexibility index (Phi) is 5.13. The van der Waals surface area contributed by atoms with Gasteiger partial charge in [0, 0.05) is 19.6 Å². The molecule has 1 aromatic rings. The third-order valence-electron chi connectivity index (χ3n) is 3.65. The monoisotopic (exact) mass is 295 g/mol. The molecule has 1 aliphatic heterocycles. The summed E-state index contributed by atoms with van der Waals surface area (Å²) in [5.41, 5.74) is 2.53. The molecule has 0 aliphatic carbocycles. The number of morpholine rings is 1. The maximum Gasteiger partial charge on any atom is 0.243 e. The Morgan fingerprint density at radius 1 is 1.29 bits per heavy atom. The highest BCUT2D eigenvalue weighted by molar-refractivity contribution is 5.45. The predicted molar refractivity (Wildman–Crippen MR) is 83.4 cm³/mol. The number of nitrogens with zero attached hydrogens (tertiary/aromatic N) is 5. The van der Waals surface area contributed by atoms with Crippen molar-refractivity contribution >= 4 is 17.8 Å². The Labute approximate surface area is 125 Å². The van der Waals surface area contributed by atoms with Crippen LogP contribution in [0.25, 0.3) is 0 Å². The first kappa shape index (κ1) is 15.7. The number of aromatic nitrogens is 3. The smallest absolute Gasteiger partial charge is 0.243 e. The van der Waals surface area contributed by atoms with Crippen LogP contribution in [0.5, 0.6) is 0 Å². The number of hydrazine groups is 1. The van der Waals surface area contributed by atoms with Crippen LogP contribution in [0.4, 0.5) is 17.8 Å². The van der Waals surface area contributed by atoms with Gasteiger partial charge in [-0.3, -0.25) is 5.43 Å². The highest BCUT2D eigenvalue weighted by Gasteiger charge is 2.27. The molecule has 0 spiro atoms. The number of anilines is 3. The summed E-state index contributed by atoms with van der Waals surface area (Å²) >= 11 is 0. The van der Waals surface area contributed by atoms with Gasteiger partial charge in [-0.25, -0.2) is 5.84 Å². The van der Waals surface area contributed by atoms with Gasteiger partial charge >= 0.3 is 0 Å². The first-order valence-electron chi connectivity index (χ1n) is 7.44. The summed E-state index contributed by atoms with van der Waals surface area (Å²) in [6.07, 6.45) is 0.157. The molecule has 2 unspecified atom stereocenters. The van der Waals surface area contributed by atoms with Crippen LogP contribution < -0.4 is 21.1 Å². The fraction of sp³-hybridized carbons (Fsp3) is 0.769. The lowest BCUT2D eigenvalue weighted by atomic mass is 10.2. The molecule has 0 saturated carbocycles. The summed E-state index contributed by atoms with van der Waals surface area (Å²) in [5, 5.41) is 0. The average Bonchev–Trinajstić information content (AvgIpc) is 2.50. The molecule has 21 heavy (non-hydrogen) atoms. The summed E-state index contributed by atoms with van der Waals surface area (Å²) in [5.74, 6) is 7.16. The maximum atomic E-state index is 5.65. The minimum atomic E-state index is 0.157. The van der Waals surface area contributed by atoms with Crippen LogP contribution in [0.3, 0.4) is 0 Å². The molecule has 1 saturated heterocycles. The molecule has 8 nitrogen and oxygen atoms in total. The van der Waals surface area contributed by atoms with Gasteiger partial charge in [-0.05, 0) is 27.7 Å². The molecule has 2 heterocycles. The Bertz CT molecular complexity index is 466. The van der Waals surface area contributed by atoms with E-state index in [4.69, 9.17) is 10.6 Å². The first-order valence-corrected chi connectivity index (χ1v) is 7.44. The zero-order chi connectivity index (χ0) is 15.4. The summed E-state index contributed by atoms with van der Waals surface area (Å²) in [7, 11) is 0. The fourth-order valence-corrected chi connectivity index (χ4v) is 2.38. The lowest BCUT2D eigenvalue weighted by Gasteiger charge is -2.37. The van der Waals surface area contributed by atoms with Crippen molar-refractivity contribution in [3.63, 3.8) is 0 Å². The zero-order valence-corrected chi connectivity index (χ0v) is 13.2. The van der Waals surface area contributed by atoms with Crippen molar-refractivity contribution in [3.05, 3.63) is 0 Å². The molecule has 3 N–H and O–H groups in total. The number of nitrogen functional groups attached to an aromatic ring is 1. The van der Waals surface area contributed by atoms with Gasteiger partial charge in [0.25, 0.3) is 0 Å². The van der Waals surface area contributed by atoms with Crippen LogP contribution >= 0.6 is 0 Å². The van der Waals surface area contributed by atoms with Crippen LogP contribution in [0, 0.1) is 0 Å². The first-order chi connectivity index (χ1) is 10.1. The molecule has 1 aliphatic rings. The second-order valence-corrected chi connectivity index (χ2v) is 5.22. The number of ether oxygens (including phenoxy) is 1. The van der Waals surface area contributed by atoms with E-state index in [-0.39, 0.29) is 12.1 Å². The standard InChI is InChI=1S/C13H25N7O/c1-5-19(6-2)12-15-11(18-14)16-13(17-12)20-7-10(4)21-8-9(20)3/h9-10H,5-8,14H2,1-4H3,(H,15,16,17,18). The quantitative estimate of drug-likeness (QED) is 0.603. The highest BCUT2D eigenvalue weighted by Crippen LogP contribution is 2.21. The third kappa shape index (κ3) is 3.51. The fourth-order valence-electron chi connectivity index (χ4n) is 2.38. The number of nitrogens with one attached hydrogen (secondary N) is 1. The van der Waals surface area contributed by atoms with E-state index < -0.39 is 0 Å². The van der Waals surface area contributed by atoms with Crippen molar-refractivity contribution in [1.82, 2.24) is 15.0 Å². The molecular weight excluding hydrogens is 270 g/mol. The van der Waals surface area contributed by atoms with E-state index in [2.05, 4.69) is 50.9 Å². The van der Waals surface area contributed by atoms with Crippen molar-refractivity contribution in [2.75, 3.05) is 41.5 Å². The molecule has 1 fully saturated rings. The van der Waals surface area contributed by atoms with Crippen LogP contribution in [0.15, 0.2) is 0 Å². The van der Waals surface area contributed by atoms with E-state index in [0.717, 1.165) is 19.6 Å². The van der Waals surface area contributed by atoms with Gasteiger partial charge in [0.2, 0.25) is 17.8 Å². The summed E-state index contributed by atoms with van der Waals surface area (Å²) < 4.78 is 5.65. The van der Waals surface area contributed by atoms with Gasteiger partial charge in [0.15, 0.2) is 0 Å². The summed E-state index contributed by atoms with van der Waals surface area (Å²) in [4.78, 5) is 17.6. The third-order valence-corrected chi connectivity index (χ3v) is 3.65. The topological polar surface area (TPSA) is 92.4 Å². The lowest BCUT2D eigenvalue weighted by Crippen LogP contribution is -2.48. The van der Waals surface area contributed by atoms with Crippen molar-refractivity contribution in [2.24, 2.45) is 5.84 Å². The Morgan fingerprint density at radius 2 is 2.00 bits per heavy atom. The second-order valence-electron chi connectivity index (χ2n) is 5.22. The van der Waals surface area contributed by atoms with E-state index >= 15 is 0 Å². The van der Waals surface area contributed by atoms with Crippen molar-refractivity contribution in [1.29, 1.82) is 0 Å². The SMILES string of the molecule is CCN(CC)c1nc(NN)nc(N2CC(C)OCC2C)n1. The minimum absolute atomic E-state index is 0.157. The van der Waals surface area contributed by atoms with Crippen LogP contribution in [0.2, 0.25) is 0 Å². The lowest BCUT2D eigenvalue weighted by molar-refractivity contribution is 0.0337. The van der Waals surface area contributed by atoms with Gasteiger partial charge in [-0.1, -0.05) is 0 Å². The molecule has 0 radical (unpaired) electrons. The van der Waals surface area contributed by atoms with E-state index in [9.17, 15) is 0 Å². The van der Waals surface area contributed by atoms with Crippen molar-refractivity contribution in [3.8, 4) is 0 Å². The molecule has 0 aromatic carbocycles. The molecular formula is C13H25N7O. The van der Waals surface area contributed by atoms with E-state index in [1.807, 2.05) is 6.92 Å². The second kappa shape index (κ2) is 6.86. The number of rotatable bonds is 5.